The number of hydrogen-bond donors (Lipinski definition) is 1. The number of allylic oxidation sites excluding steroid dienone is 4. The average Bonchev–Trinajstić information content (AvgIpc) is 1.85. The molecule has 0 heterocycles. The predicted molar refractivity (Wildman–Crippen MR) is 43.3 cm³/mol. The van der Waals surface area contributed by atoms with Crippen LogP contribution in [0, 0.1) is 5.41 Å². The van der Waals surface area contributed by atoms with E-state index in [9.17, 15) is 4.79 Å². The van der Waals surface area contributed by atoms with Gasteiger partial charge in [0.2, 0.25) is 0 Å². The van der Waals surface area contributed by atoms with Gasteiger partial charge in [-0.25, -0.2) is 0 Å². The Bertz CT molecular complexity index is 216. The van der Waals surface area contributed by atoms with Gasteiger partial charge in [0.1, 0.15) is 0 Å². The van der Waals surface area contributed by atoms with Gasteiger partial charge in [0.25, 0.3) is 0 Å². The first-order valence-corrected chi connectivity index (χ1v) is 3.69. The summed E-state index contributed by atoms with van der Waals surface area (Å²) in [6, 6.07) is 0. The molecule has 1 aliphatic carbocycles. The molecule has 1 N–H and O–H groups in total. The first kappa shape index (κ1) is 8.05. The van der Waals surface area contributed by atoms with Gasteiger partial charge in [-0.2, -0.15) is 0 Å². The van der Waals surface area contributed by atoms with Crippen LogP contribution in [0.5, 0.6) is 0 Å². The van der Waals surface area contributed by atoms with Crippen molar-refractivity contribution < 1.29 is 9.90 Å². The molecular weight excluding hydrogens is 140 g/mol. The average molecular weight is 152 g/mol. The first-order chi connectivity index (χ1) is 5.12. The van der Waals surface area contributed by atoms with E-state index in [4.69, 9.17) is 5.11 Å². The van der Waals surface area contributed by atoms with E-state index in [0.717, 1.165) is 6.42 Å². The molecule has 0 radical (unpaired) electrons. The van der Waals surface area contributed by atoms with Crippen molar-refractivity contribution in [2.45, 2.75) is 19.8 Å². The fourth-order valence-corrected chi connectivity index (χ4v) is 1.25. The van der Waals surface area contributed by atoms with E-state index in [1.54, 1.807) is 0 Å². The van der Waals surface area contributed by atoms with E-state index in [0.29, 0.717) is 0 Å². The van der Waals surface area contributed by atoms with Crippen LogP contribution < -0.4 is 0 Å². The molecule has 0 bridgehead atoms. The predicted octanol–water partition coefficient (Wildman–Crippen LogP) is 1.98. The normalized spacial score (nSPS) is 28.8. The SMILES string of the molecule is C[C@]1(CC(=O)O)C=CC=CC1. The smallest absolute Gasteiger partial charge is 0.304 e. The van der Waals surface area contributed by atoms with Crippen LogP contribution in [0.15, 0.2) is 24.3 Å². The summed E-state index contributed by atoms with van der Waals surface area (Å²) >= 11 is 0. The van der Waals surface area contributed by atoms with Gasteiger partial charge in [-0.05, 0) is 11.8 Å². The van der Waals surface area contributed by atoms with Crippen LogP contribution in [-0.2, 0) is 4.79 Å². The fraction of sp³-hybridized carbons (Fsp3) is 0.444. The van der Waals surface area contributed by atoms with Crippen molar-refractivity contribution in [3.8, 4) is 0 Å². The zero-order valence-corrected chi connectivity index (χ0v) is 6.58. The number of rotatable bonds is 2. The van der Waals surface area contributed by atoms with E-state index < -0.39 is 5.97 Å². The van der Waals surface area contributed by atoms with Crippen LogP contribution in [0.1, 0.15) is 19.8 Å². The van der Waals surface area contributed by atoms with Crippen LogP contribution in [0.3, 0.4) is 0 Å². The van der Waals surface area contributed by atoms with E-state index >= 15 is 0 Å². The summed E-state index contributed by atoms with van der Waals surface area (Å²) < 4.78 is 0. The van der Waals surface area contributed by atoms with Crippen molar-refractivity contribution in [1.29, 1.82) is 0 Å². The van der Waals surface area contributed by atoms with E-state index in [1.807, 2.05) is 31.2 Å². The summed E-state index contributed by atoms with van der Waals surface area (Å²) in [6.07, 6.45) is 8.86. The number of carbonyl (C=O) groups is 1. The second kappa shape index (κ2) is 2.91. The zero-order valence-electron chi connectivity index (χ0n) is 6.58. The van der Waals surface area contributed by atoms with Crippen LogP contribution >= 0.6 is 0 Å². The molecule has 60 valence electrons. The molecule has 0 amide bonds. The third-order valence-corrected chi connectivity index (χ3v) is 1.89. The minimum absolute atomic E-state index is 0.166. The van der Waals surface area contributed by atoms with Crippen molar-refractivity contribution in [3.05, 3.63) is 24.3 Å². The minimum Gasteiger partial charge on any atom is -0.481 e. The van der Waals surface area contributed by atoms with Crippen molar-refractivity contribution >= 4 is 5.97 Å². The summed E-state index contributed by atoms with van der Waals surface area (Å²) in [6.45, 7) is 1.96. The molecule has 0 aromatic carbocycles. The van der Waals surface area contributed by atoms with Crippen LogP contribution in [0.25, 0.3) is 0 Å². The van der Waals surface area contributed by atoms with E-state index in [1.165, 1.54) is 0 Å². The lowest BCUT2D eigenvalue weighted by Gasteiger charge is -2.23. The molecule has 0 spiro atoms. The molecular formula is C9H12O2. The Hall–Kier alpha value is -1.05. The molecule has 1 rings (SSSR count). The quantitative estimate of drug-likeness (QED) is 0.657. The van der Waals surface area contributed by atoms with Gasteiger partial charge in [0.05, 0.1) is 6.42 Å². The van der Waals surface area contributed by atoms with Crippen molar-refractivity contribution in [2.24, 2.45) is 5.41 Å². The third-order valence-electron chi connectivity index (χ3n) is 1.89. The maximum Gasteiger partial charge on any atom is 0.304 e. The van der Waals surface area contributed by atoms with Gasteiger partial charge in [-0.3, -0.25) is 4.79 Å². The molecule has 11 heavy (non-hydrogen) atoms. The maximum atomic E-state index is 10.4. The molecule has 1 aliphatic rings. The molecule has 0 aliphatic heterocycles. The molecule has 0 aromatic heterocycles. The van der Waals surface area contributed by atoms with Crippen LogP contribution in [-0.4, -0.2) is 11.1 Å². The van der Waals surface area contributed by atoms with E-state index in [2.05, 4.69) is 0 Å². The Morgan fingerprint density at radius 1 is 1.64 bits per heavy atom. The second-order valence-corrected chi connectivity index (χ2v) is 3.22. The highest BCUT2D eigenvalue weighted by molar-refractivity contribution is 5.68. The van der Waals surface area contributed by atoms with E-state index in [-0.39, 0.29) is 11.8 Å². The Labute approximate surface area is 66.2 Å². The van der Waals surface area contributed by atoms with Gasteiger partial charge in [-0.1, -0.05) is 31.2 Å². The van der Waals surface area contributed by atoms with Crippen LogP contribution in [0.4, 0.5) is 0 Å². The highest BCUT2D eigenvalue weighted by Gasteiger charge is 2.23. The highest BCUT2D eigenvalue weighted by Crippen LogP contribution is 2.30. The highest BCUT2D eigenvalue weighted by atomic mass is 16.4. The molecule has 2 nitrogen and oxygen atoms in total. The number of hydrogen-bond acceptors (Lipinski definition) is 1. The number of carboxylic acids is 1. The Morgan fingerprint density at radius 3 is 2.82 bits per heavy atom. The van der Waals surface area contributed by atoms with Gasteiger partial charge < -0.3 is 5.11 Å². The molecule has 0 saturated heterocycles. The Kier molecular flexibility index (Phi) is 2.13. The Balaban J connectivity index is 2.61. The largest absolute Gasteiger partial charge is 0.481 e. The third kappa shape index (κ3) is 2.22. The van der Waals surface area contributed by atoms with Crippen molar-refractivity contribution in [1.82, 2.24) is 0 Å². The molecule has 0 unspecified atom stereocenters. The maximum absolute atomic E-state index is 10.4. The van der Waals surface area contributed by atoms with Gasteiger partial charge >= 0.3 is 5.97 Å². The summed E-state index contributed by atoms with van der Waals surface area (Å²) in [7, 11) is 0. The molecule has 1 atom stereocenters. The lowest BCUT2D eigenvalue weighted by atomic mass is 9.81. The van der Waals surface area contributed by atoms with Crippen molar-refractivity contribution in [2.75, 3.05) is 0 Å². The summed E-state index contributed by atoms with van der Waals surface area (Å²) in [5, 5.41) is 8.57. The zero-order chi connectivity index (χ0) is 8.32. The van der Waals surface area contributed by atoms with Gasteiger partial charge in [0.15, 0.2) is 0 Å². The fourth-order valence-electron chi connectivity index (χ4n) is 1.25. The van der Waals surface area contributed by atoms with Crippen molar-refractivity contribution in [3.63, 3.8) is 0 Å². The summed E-state index contributed by atoms with van der Waals surface area (Å²) in [5.74, 6) is -0.729. The topological polar surface area (TPSA) is 37.3 Å². The molecule has 2 heteroatoms. The Morgan fingerprint density at radius 2 is 2.36 bits per heavy atom. The number of aliphatic carboxylic acids is 1. The summed E-state index contributed by atoms with van der Waals surface area (Å²) in [4.78, 5) is 10.4. The minimum atomic E-state index is -0.729. The molecule has 0 aromatic rings. The standard InChI is InChI=1S/C9H12O2/c1-9(7-8(10)11)5-3-2-4-6-9/h2-5H,6-7H2,1H3,(H,10,11)/t9-/m0/s1. The molecule has 0 saturated carbocycles. The molecule has 0 fully saturated rings. The lowest BCUT2D eigenvalue weighted by Crippen LogP contribution is -2.18. The first-order valence-electron chi connectivity index (χ1n) is 3.69. The van der Waals surface area contributed by atoms with Gasteiger partial charge in [-0.15, -0.1) is 0 Å². The number of carboxylic acid groups (broad SMARTS) is 1. The van der Waals surface area contributed by atoms with Gasteiger partial charge in [0, 0.05) is 0 Å². The lowest BCUT2D eigenvalue weighted by molar-refractivity contribution is -0.138. The van der Waals surface area contributed by atoms with Crippen LogP contribution in [0.2, 0.25) is 0 Å². The second-order valence-electron chi connectivity index (χ2n) is 3.22. The summed E-state index contributed by atoms with van der Waals surface area (Å²) in [5.41, 5.74) is -0.166. The monoisotopic (exact) mass is 152 g/mol.